The Hall–Kier alpha value is -2.18. The molecule has 2 saturated carbocycles. The molecule has 1 aromatic heterocycles. The molecule has 2 aromatic rings. The molecule has 2 aliphatic carbocycles. The van der Waals surface area contributed by atoms with E-state index in [0.717, 1.165) is 38.4 Å². The van der Waals surface area contributed by atoms with Gasteiger partial charge < -0.3 is 10.4 Å². The fourth-order valence-electron chi connectivity index (χ4n) is 3.82. The molecule has 2 N–H and O–H groups in total. The van der Waals surface area contributed by atoms with Gasteiger partial charge in [-0.15, -0.1) is 0 Å². The van der Waals surface area contributed by atoms with Gasteiger partial charge >= 0.3 is 5.97 Å². The Kier molecular flexibility index (Phi) is 5.55. The van der Waals surface area contributed by atoms with Crippen LogP contribution in [0.5, 0.6) is 0 Å². The zero-order valence-corrected chi connectivity index (χ0v) is 15.6. The van der Waals surface area contributed by atoms with Crippen LogP contribution in [-0.4, -0.2) is 50.9 Å². The van der Waals surface area contributed by atoms with Crippen molar-refractivity contribution in [2.24, 2.45) is 5.92 Å². The van der Waals surface area contributed by atoms with Crippen LogP contribution in [0.3, 0.4) is 0 Å². The summed E-state index contributed by atoms with van der Waals surface area (Å²) in [6.45, 7) is 2.74. The Balaban J connectivity index is 1.21. The first-order chi connectivity index (χ1) is 13.2. The zero-order chi connectivity index (χ0) is 18.6. The van der Waals surface area contributed by atoms with Crippen molar-refractivity contribution in [3.8, 4) is 0 Å². The van der Waals surface area contributed by atoms with Crippen molar-refractivity contribution in [1.29, 1.82) is 0 Å². The van der Waals surface area contributed by atoms with Gasteiger partial charge in [0.1, 0.15) is 0 Å². The maximum Gasteiger partial charge on any atom is 0.317 e. The number of benzene rings is 1. The summed E-state index contributed by atoms with van der Waals surface area (Å²) in [7, 11) is 0. The van der Waals surface area contributed by atoms with Crippen molar-refractivity contribution in [3.05, 3.63) is 53.9 Å². The number of nitrogens with zero attached hydrogens (tertiary/aromatic N) is 3. The van der Waals surface area contributed by atoms with E-state index in [1.807, 2.05) is 29.1 Å². The van der Waals surface area contributed by atoms with Gasteiger partial charge in [0, 0.05) is 36.9 Å². The third kappa shape index (κ3) is 5.17. The Morgan fingerprint density at radius 2 is 2.00 bits per heavy atom. The van der Waals surface area contributed by atoms with Gasteiger partial charge in [0.2, 0.25) is 0 Å². The first-order valence-electron chi connectivity index (χ1n) is 9.90. The van der Waals surface area contributed by atoms with E-state index in [1.54, 1.807) is 0 Å². The van der Waals surface area contributed by atoms with Crippen LogP contribution in [0.4, 0.5) is 0 Å². The number of carboxylic acid groups (broad SMARTS) is 1. The number of hydrogen-bond donors (Lipinski definition) is 2. The fourth-order valence-corrected chi connectivity index (χ4v) is 3.82. The zero-order valence-electron chi connectivity index (χ0n) is 15.6. The van der Waals surface area contributed by atoms with E-state index in [-0.39, 0.29) is 6.54 Å². The van der Waals surface area contributed by atoms with Crippen molar-refractivity contribution in [3.63, 3.8) is 0 Å². The minimum atomic E-state index is -0.710. The monoisotopic (exact) mass is 368 g/mol. The van der Waals surface area contributed by atoms with Crippen molar-refractivity contribution in [1.82, 2.24) is 20.0 Å². The van der Waals surface area contributed by atoms with Gasteiger partial charge in [0.25, 0.3) is 0 Å². The molecule has 2 aliphatic rings. The molecular weight excluding hydrogens is 340 g/mol. The topological polar surface area (TPSA) is 70.4 Å². The molecule has 0 radical (unpaired) electrons. The molecule has 4 rings (SSSR count). The van der Waals surface area contributed by atoms with Gasteiger partial charge in [-0.1, -0.05) is 30.3 Å². The number of nitrogens with one attached hydrogen (secondary N) is 1. The lowest BCUT2D eigenvalue weighted by Gasteiger charge is -2.43. The number of carbonyl (C=O) groups is 1. The van der Waals surface area contributed by atoms with Gasteiger partial charge in [-0.25, -0.2) is 0 Å². The normalized spacial score (nSPS) is 22.0. The molecule has 1 aromatic carbocycles. The standard InChI is InChI=1S/C21H28N4O2/c26-21(27)15-24(12-17-6-7-17)20-8-19(9-20)22-10-18-11-23-25(14-18)13-16-4-2-1-3-5-16/h1-5,11,14,17,19-20,22H,6-10,12-13,15H2,(H,26,27). The van der Waals surface area contributed by atoms with Crippen LogP contribution < -0.4 is 5.32 Å². The van der Waals surface area contributed by atoms with Gasteiger partial charge in [0.05, 0.1) is 19.3 Å². The van der Waals surface area contributed by atoms with Crippen LogP contribution in [-0.2, 0) is 17.9 Å². The van der Waals surface area contributed by atoms with Crippen molar-refractivity contribution in [2.75, 3.05) is 13.1 Å². The summed E-state index contributed by atoms with van der Waals surface area (Å²) in [5.41, 5.74) is 2.44. The molecule has 0 amide bonds. The largest absolute Gasteiger partial charge is 0.480 e. The number of aromatic nitrogens is 2. The summed E-state index contributed by atoms with van der Waals surface area (Å²) in [4.78, 5) is 13.3. The summed E-state index contributed by atoms with van der Waals surface area (Å²) in [6.07, 6.45) is 8.63. The van der Waals surface area contributed by atoms with Crippen LogP contribution in [0.2, 0.25) is 0 Å². The smallest absolute Gasteiger partial charge is 0.317 e. The van der Waals surface area contributed by atoms with E-state index in [2.05, 4.69) is 33.6 Å². The molecule has 0 atom stereocenters. The summed E-state index contributed by atoms with van der Waals surface area (Å²) in [5, 5.41) is 17.2. The SMILES string of the molecule is O=C(O)CN(CC1CC1)C1CC(NCc2cnn(Cc3ccccc3)c2)C1. The fraction of sp³-hybridized carbons (Fsp3) is 0.524. The van der Waals surface area contributed by atoms with Crippen LogP contribution in [0.15, 0.2) is 42.7 Å². The van der Waals surface area contributed by atoms with Gasteiger partial charge in [-0.2, -0.15) is 5.10 Å². The van der Waals surface area contributed by atoms with Crippen molar-refractivity contribution in [2.45, 2.75) is 50.9 Å². The van der Waals surface area contributed by atoms with Gasteiger partial charge in [-0.3, -0.25) is 14.4 Å². The molecule has 6 nitrogen and oxygen atoms in total. The van der Waals surface area contributed by atoms with E-state index in [4.69, 9.17) is 5.11 Å². The molecule has 0 unspecified atom stereocenters. The molecule has 0 bridgehead atoms. The molecule has 6 heteroatoms. The lowest BCUT2D eigenvalue weighted by Crippen LogP contribution is -2.54. The molecule has 0 saturated heterocycles. The van der Waals surface area contributed by atoms with Crippen LogP contribution >= 0.6 is 0 Å². The predicted octanol–water partition coefficient (Wildman–Crippen LogP) is 2.35. The molecule has 144 valence electrons. The molecule has 2 fully saturated rings. The lowest BCUT2D eigenvalue weighted by molar-refractivity contribution is -0.139. The highest BCUT2D eigenvalue weighted by Gasteiger charge is 2.36. The van der Waals surface area contributed by atoms with Crippen molar-refractivity contribution >= 4 is 5.97 Å². The molecule has 0 spiro atoms. The Morgan fingerprint density at radius 3 is 2.70 bits per heavy atom. The highest BCUT2D eigenvalue weighted by Crippen LogP contribution is 2.33. The summed E-state index contributed by atoms with van der Waals surface area (Å²) in [5.74, 6) is 0.0182. The van der Waals surface area contributed by atoms with Gasteiger partial charge in [-0.05, 0) is 37.2 Å². The minimum absolute atomic E-state index is 0.181. The molecule has 27 heavy (non-hydrogen) atoms. The minimum Gasteiger partial charge on any atom is -0.480 e. The van der Waals surface area contributed by atoms with E-state index < -0.39 is 5.97 Å². The first-order valence-corrected chi connectivity index (χ1v) is 9.90. The second-order valence-electron chi connectivity index (χ2n) is 8.00. The number of carboxylic acids is 1. The first kappa shape index (κ1) is 18.2. The number of aliphatic carboxylic acids is 1. The average Bonchev–Trinajstić information content (AvgIpc) is 3.31. The number of rotatable bonds is 10. The second kappa shape index (κ2) is 8.23. The predicted molar refractivity (Wildman–Crippen MR) is 103 cm³/mol. The summed E-state index contributed by atoms with van der Waals surface area (Å²) in [6, 6.07) is 11.2. The van der Waals surface area contributed by atoms with Gasteiger partial charge in [0.15, 0.2) is 0 Å². The highest BCUT2D eigenvalue weighted by atomic mass is 16.4. The third-order valence-corrected chi connectivity index (χ3v) is 5.63. The van der Waals surface area contributed by atoms with Crippen LogP contribution in [0, 0.1) is 5.92 Å². The van der Waals surface area contributed by atoms with Crippen molar-refractivity contribution < 1.29 is 9.90 Å². The lowest BCUT2D eigenvalue weighted by atomic mass is 9.85. The maximum absolute atomic E-state index is 11.1. The molecule has 1 heterocycles. The highest BCUT2D eigenvalue weighted by molar-refractivity contribution is 5.69. The Bertz CT molecular complexity index is 751. The molecular formula is C21H28N4O2. The molecule has 0 aliphatic heterocycles. The summed E-state index contributed by atoms with van der Waals surface area (Å²) < 4.78 is 1.97. The second-order valence-corrected chi connectivity index (χ2v) is 8.00. The van der Waals surface area contributed by atoms with E-state index in [9.17, 15) is 4.79 Å². The van der Waals surface area contributed by atoms with E-state index >= 15 is 0 Å². The number of hydrogen-bond acceptors (Lipinski definition) is 4. The van der Waals surface area contributed by atoms with Crippen LogP contribution in [0.1, 0.15) is 36.8 Å². The quantitative estimate of drug-likeness (QED) is 0.674. The third-order valence-electron chi connectivity index (χ3n) is 5.63. The summed E-state index contributed by atoms with van der Waals surface area (Å²) >= 11 is 0. The van der Waals surface area contributed by atoms with E-state index in [1.165, 1.54) is 24.0 Å². The Morgan fingerprint density at radius 1 is 1.22 bits per heavy atom. The maximum atomic E-state index is 11.1. The average molecular weight is 368 g/mol. The Labute approximate surface area is 160 Å². The van der Waals surface area contributed by atoms with Crippen LogP contribution in [0.25, 0.3) is 0 Å². The van der Waals surface area contributed by atoms with E-state index in [0.29, 0.717) is 12.1 Å².